The van der Waals surface area contributed by atoms with Crippen molar-refractivity contribution in [2.75, 3.05) is 0 Å². The van der Waals surface area contributed by atoms with Gasteiger partial charge >= 0.3 is 0 Å². The van der Waals surface area contributed by atoms with Crippen molar-refractivity contribution in [1.82, 2.24) is 0 Å². The molecule has 0 aromatic heterocycles. The molecule has 2 rings (SSSR count). The topological polar surface area (TPSA) is 0 Å². The number of benzene rings is 2. The van der Waals surface area contributed by atoms with Crippen LogP contribution < -0.4 is 0 Å². The molecule has 1 unspecified atom stereocenters. The normalized spacial score (nSPS) is 12.5. The zero-order valence-electron chi connectivity index (χ0n) is 9.25. The number of halogens is 3. The van der Waals surface area contributed by atoms with Crippen molar-refractivity contribution in [3.8, 4) is 0 Å². The molecule has 0 aliphatic carbocycles. The lowest BCUT2D eigenvalue weighted by molar-refractivity contribution is 0.612. The SMILES string of the molecule is Cc1ccc(C(Br)c2ccc(Br)cc2)c(F)c1. The Bertz CT molecular complexity index is 520. The zero-order chi connectivity index (χ0) is 12.4. The van der Waals surface area contributed by atoms with Gasteiger partial charge in [0.2, 0.25) is 0 Å². The fourth-order valence-electron chi connectivity index (χ4n) is 1.65. The second kappa shape index (κ2) is 5.32. The predicted octanol–water partition coefficient (Wildman–Crippen LogP) is 5.38. The highest BCUT2D eigenvalue weighted by molar-refractivity contribution is 9.10. The first-order valence-corrected chi connectivity index (χ1v) is 6.94. The minimum absolute atomic E-state index is 0.115. The highest BCUT2D eigenvalue weighted by Crippen LogP contribution is 2.33. The highest BCUT2D eigenvalue weighted by Gasteiger charge is 2.14. The second-order valence-corrected chi connectivity index (χ2v) is 5.77. The Morgan fingerprint density at radius 3 is 2.29 bits per heavy atom. The quantitative estimate of drug-likeness (QED) is 0.633. The average molecular weight is 358 g/mol. The van der Waals surface area contributed by atoms with Gasteiger partial charge in [0, 0.05) is 10.0 Å². The second-order valence-electron chi connectivity index (χ2n) is 3.94. The van der Waals surface area contributed by atoms with Crippen LogP contribution in [-0.4, -0.2) is 0 Å². The summed E-state index contributed by atoms with van der Waals surface area (Å²) in [6, 6.07) is 13.2. The Balaban J connectivity index is 2.36. The smallest absolute Gasteiger partial charge is 0.128 e. The van der Waals surface area contributed by atoms with Crippen LogP contribution in [-0.2, 0) is 0 Å². The summed E-state index contributed by atoms with van der Waals surface area (Å²) < 4.78 is 14.8. The molecule has 2 aromatic carbocycles. The summed E-state index contributed by atoms with van der Waals surface area (Å²) >= 11 is 6.92. The van der Waals surface area contributed by atoms with Gasteiger partial charge in [-0.25, -0.2) is 4.39 Å². The maximum atomic E-state index is 13.8. The van der Waals surface area contributed by atoms with E-state index < -0.39 is 0 Å². The first-order chi connectivity index (χ1) is 8.08. The molecule has 0 N–H and O–H groups in total. The van der Waals surface area contributed by atoms with Gasteiger partial charge in [0.15, 0.2) is 0 Å². The van der Waals surface area contributed by atoms with Crippen LogP contribution >= 0.6 is 31.9 Å². The maximum absolute atomic E-state index is 13.8. The first-order valence-electron chi connectivity index (χ1n) is 5.23. The largest absolute Gasteiger partial charge is 0.207 e. The minimum Gasteiger partial charge on any atom is -0.207 e. The predicted molar refractivity (Wildman–Crippen MR) is 76.0 cm³/mol. The monoisotopic (exact) mass is 356 g/mol. The van der Waals surface area contributed by atoms with Crippen molar-refractivity contribution in [1.29, 1.82) is 0 Å². The molecule has 1 atom stereocenters. The van der Waals surface area contributed by atoms with Crippen molar-refractivity contribution < 1.29 is 4.39 Å². The van der Waals surface area contributed by atoms with Gasteiger partial charge in [-0.15, -0.1) is 0 Å². The van der Waals surface area contributed by atoms with E-state index in [1.165, 1.54) is 0 Å². The highest BCUT2D eigenvalue weighted by atomic mass is 79.9. The van der Waals surface area contributed by atoms with E-state index in [2.05, 4.69) is 31.9 Å². The van der Waals surface area contributed by atoms with Gasteiger partial charge in [-0.05, 0) is 36.2 Å². The molecule has 0 nitrogen and oxygen atoms in total. The zero-order valence-corrected chi connectivity index (χ0v) is 12.4. The van der Waals surface area contributed by atoms with Crippen LogP contribution in [0, 0.1) is 12.7 Å². The van der Waals surface area contributed by atoms with Crippen molar-refractivity contribution in [2.24, 2.45) is 0 Å². The molecule has 2 aromatic rings. The van der Waals surface area contributed by atoms with Gasteiger partial charge in [-0.2, -0.15) is 0 Å². The van der Waals surface area contributed by atoms with E-state index in [1.54, 1.807) is 6.07 Å². The van der Waals surface area contributed by atoms with Gasteiger partial charge in [-0.3, -0.25) is 0 Å². The van der Waals surface area contributed by atoms with Crippen LogP contribution in [0.4, 0.5) is 4.39 Å². The Hall–Kier alpha value is -0.670. The summed E-state index contributed by atoms with van der Waals surface area (Å²) in [5, 5.41) is 0. The molecule has 0 radical (unpaired) electrons. The maximum Gasteiger partial charge on any atom is 0.128 e. The molecule has 0 bridgehead atoms. The molecule has 0 amide bonds. The molecule has 0 saturated heterocycles. The molecule has 0 aliphatic rings. The standard InChI is InChI=1S/C14H11Br2F/c1-9-2-7-12(13(17)8-9)14(16)10-3-5-11(15)6-4-10/h2-8,14H,1H3. The molecular formula is C14H11Br2F. The summed E-state index contributed by atoms with van der Waals surface area (Å²) in [6.45, 7) is 1.88. The summed E-state index contributed by atoms with van der Waals surface area (Å²) in [7, 11) is 0. The van der Waals surface area contributed by atoms with Crippen LogP contribution in [0.25, 0.3) is 0 Å². The summed E-state index contributed by atoms with van der Waals surface area (Å²) in [6.07, 6.45) is 0. The molecule has 3 heteroatoms. The van der Waals surface area contributed by atoms with E-state index in [0.717, 1.165) is 15.6 Å². The Labute approximate surface area is 117 Å². The third-order valence-corrected chi connectivity index (χ3v) is 4.14. The lowest BCUT2D eigenvalue weighted by atomic mass is 10.0. The van der Waals surface area contributed by atoms with Crippen LogP contribution in [0.15, 0.2) is 46.9 Å². The fraction of sp³-hybridized carbons (Fsp3) is 0.143. The fourth-order valence-corrected chi connectivity index (χ4v) is 2.59. The Morgan fingerprint density at radius 1 is 1.06 bits per heavy atom. The van der Waals surface area contributed by atoms with Gasteiger partial charge in [-0.1, -0.05) is 56.1 Å². The third-order valence-electron chi connectivity index (χ3n) is 2.59. The van der Waals surface area contributed by atoms with Crippen LogP contribution in [0.2, 0.25) is 0 Å². The summed E-state index contributed by atoms with van der Waals surface area (Å²) in [4.78, 5) is -0.115. The third kappa shape index (κ3) is 2.96. The molecular weight excluding hydrogens is 347 g/mol. The van der Waals surface area contributed by atoms with Crippen molar-refractivity contribution >= 4 is 31.9 Å². The number of aryl methyl sites for hydroxylation is 1. The number of rotatable bonds is 2. The number of hydrogen-bond donors (Lipinski definition) is 0. The van der Waals surface area contributed by atoms with Crippen LogP contribution in [0.5, 0.6) is 0 Å². The molecule has 0 heterocycles. The number of alkyl halides is 1. The molecule has 0 spiro atoms. The lowest BCUT2D eigenvalue weighted by Crippen LogP contribution is -1.96. The summed E-state index contributed by atoms with van der Waals surface area (Å²) in [5.74, 6) is -0.171. The molecule has 0 aliphatic heterocycles. The van der Waals surface area contributed by atoms with E-state index >= 15 is 0 Å². The molecule has 0 saturated carbocycles. The van der Waals surface area contributed by atoms with E-state index in [1.807, 2.05) is 43.3 Å². The minimum atomic E-state index is -0.171. The van der Waals surface area contributed by atoms with Crippen molar-refractivity contribution in [2.45, 2.75) is 11.8 Å². The van der Waals surface area contributed by atoms with E-state index in [4.69, 9.17) is 0 Å². The molecule has 17 heavy (non-hydrogen) atoms. The van der Waals surface area contributed by atoms with Gasteiger partial charge < -0.3 is 0 Å². The molecule has 88 valence electrons. The average Bonchev–Trinajstić information content (AvgIpc) is 2.29. The first kappa shape index (κ1) is 12.8. The lowest BCUT2D eigenvalue weighted by Gasteiger charge is -2.12. The van der Waals surface area contributed by atoms with Gasteiger partial charge in [0.05, 0.1) is 4.83 Å². The van der Waals surface area contributed by atoms with Crippen LogP contribution in [0.1, 0.15) is 21.5 Å². The van der Waals surface area contributed by atoms with Gasteiger partial charge in [0.25, 0.3) is 0 Å². The Morgan fingerprint density at radius 2 is 1.71 bits per heavy atom. The Kier molecular flexibility index (Phi) is 4.00. The van der Waals surface area contributed by atoms with E-state index in [-0.39, 0.29) is 10.6 Å². The number of hydrogen-bond acceptors (Lipinski definition) is 0. The van der Waals surface area contributed by atoms with Crippen molar-refractivity contribution in [3.63, 3.8) is 0 Å². The van der Waals surface area contributed by atoms with Crippen molar-refractivity contribution in [3.05, 3.63) is 69.4 Å². The van der Waals surface area contributed by atoms with Crippen LogP contribution in [0.3, 0.4) is 0 Å². The van der Waals surface area contributed by atoms with E-state index in [0.29, 0.717) is 5.56 Å². The summed E-state index contributed by atoms with van der Waals surface area (Å²) in [5.41, 5.74) is 2.63. The van der Waals surface area contributed by atoms with E-state index in [9.17, 15) is 4.39 Å². The molecule has 0 fully saturated rings. The van der Waals surface area contributed by atoms with Gasteiger partial charge in [0.1, 0.15) is 5.82 Å².